The molecule has 334 valence electrons. The maximum Gasteiger partial charge on any atom is 0.305 e. The number of carbonyl (C=O) groups is 2. The van der Waals surface area contributed by atoms with E-state index in [2.05, 4.69) is 43.5 Å². The number of hydrogen-bond acceptors (Lipinski definition) is 5. The molecule has 3 N–H and O–H groups in total. The molecule has 0 saturated heterocycles. The minimum atomic E-state index is -0.852. The molecule has 2 atom stereocenters. The summed E-state index contributed by atoms with van der Waals surface area (Å²) in [7, 11) is 0. The maximum atomic E-state index is 12.3. The van der Waals surface area contributed by atoms with Crippen molar-refractivity contribution in [1.29, 1.82) is 0 Å². The summed E-state index contributed by atoms with van der Waals surface area (Å²) in [6, 6.07) is -0.637. The van der Waals surface area contributed by atoms with Gasteiger partial charge in [-0.1, -0.05) is 204 Å². The average Bonchev–Trinajstić information content (AvgIpc) is 3.21. The third-order valence-electron chi connectivity index (χ3n) is 11.2. The van der Waals surface area contributed by atoms with E-state index in [-0.39, 0.29) is 18.5 Å². The van der Waals surface area contributed by atoms with E-state index in [1.165, 1.54) is 141 Å². The van der Waals surface area contributed by atoms with Crippen molar-refractivity contribution in [2.75, 3.05) is 13.2 Å². The summed E-state index contributed by atoms with van der Waals surface area (Å²) in [5.41, 5.74) is 0. The highest BCUT2D eigenvalue weighted by molar-refractivity contribution is 5.76. The normalized spacial score (nSPS) is 13.0. The molecule has 0 aromatic rings. The van der Waals surface area contributed by atoms with Gasteiger partial charge >= 0.3 is 5.97 Å². The van der Waals surface area contributed by atoms with Gasteiger partial charge in [-0.25, -0.2) is 0 Å². The first-order valence-corrected chi connectivity index (χ1v) is 24.8. The van der Waals surface area contributed by atoms with Crippen LogP contribution in [0.4, 0.5) is 0 Å². The molecule has 6 nitrogen and oxygen atoms in total. The van der Waals surface area contributed by atoms with Gasteiger partial charge < -0.3 is 20.3 Å². The number of aliphatic hydroxyl groups is 2. The third-order valence-corrected chi connectivity index (χ3v) is 11.2. The van der Waals surface area contributed by atoms with Crippen molar-refractivity contribution < 1.29 is 24.5 Å². The largest absolute Gasteiger partial charge is 0.466 e. The molecule has 0 saturated carbocycles. The number of amides is 1. The molecule has 0 aromatic carbocycles. The van der Waals surface area contributed by atoms with Crippen LogP contribution in [0, 0.1) is 0 Å². The third kappa shape index (κ3) is 43.5. The molecule has 0 spiro atoms. The lowest BCUT2D eigenvalue weighted by Gasteiger charge is -2.20. The molecule has 0 fully saturated rings. The predicted molar refractivity (Wildman–Crippen MR) is 246 cm³/mol. The van der Waals surface area contributed by atoms with Crippen LogP contribution in [0.15, 0.2) is 36.5 Å². The van der Waals surface area contributed by atoms with Crippen molar-refractivity contribution >= 4 is 11.9 Å². The van der Waals surface area contributed by atoms with Gasteiger partial charge in [0, 0.05) is 12.8 Å². The van der Waals surface area contributed by atoms with Crippen molar-refractivity contribution in [2.24, 2.45) is 0 Å². The summed E-state index contributed by atoms with van der Waals surface area (Å²) in [6.45, 7) is 4.82. The van der Waals surface area contributed by atoms with Crippen LogP contribution in [-0.4, -0.2) is 47.4 Å². The number of unbranched alkanes of at least 4 members (excludes halogenated alkanes) is 30. The predicted octanol–water partition coefficient (Wildman–Crippen LogP) is 14.5. The molecule has 57 heavy (non-hydrogen) atoms. The van der Waals surface area contributed by atoms with Crippen molar-refractivity contribution in [1.82, 2.24) is 5.32 Å². The Morgan fingerprint density at radius 1 is 0.491 bits per heavy atom. The standard InChI is InChI=1S/C51H95NO5/c1-3-5-7-9-11-13-14-15-22-25-29-33-37-41-45-51(56)57-46-42-38-34-30-26-23-20-18-16-17-19-21-24-28-32-36-40-44-50(55)52-48(47-53)49(54)43-39-35-31-27-12-10-8-6-4-2/h16,18,23,26,39,43,48-49,53-54H,3-15,17,19-22,24-25,27-38,40-42,44-47H2,1-2H3,(H,52,55)/b18-16-,26-23-,43-39+. The quantitative estimate of drug-likeness (QED) is 0.0324. The van der Waals surface area contributed by atoms with Gasteiger partial charge in [0.05, 0.1) is 25.4 Å². The van der Waals surface area contributed by atoms with Crippen LogP contribution >= 0.6 is 0 Å². The first-order valence-electron chi connectivity index (χ1n) is 24.8. The number of nitrogens with one attached hydrogen (secondary N) is 1. The Kier molecular flexibility index (Phi) is 45.2. The Hall–Kier alpha value is -1.92. The van der Waals surface area contributed by atoms with Crippen LogP contribution in [0.5, 0.6) is 0 Å². The summed E-state index contributed by atoms with van der Waals surface area (Å²) in [5.74, 6) is -0.103. The summed E-state index contributed by atoms with van der Waals surface area (Å²) < 4.78 is 5.44. The number of allylic oxidation sites excluding steroid dienone is 5. The molecule has 2 unspecified atom stereocenters. The number of esters is 1. The minimum Gasteiger partial charge on any atom is -0.466 e. The smallest absolute Gasteiger partial charge is 0.305 e. The fourth-order valence-electron chi connectivity index (χ4n) is 7.31. The molecule has 0 bridgehead atoms. The van der Waals surface area contributed by atoms with Gasteiger partial charge in [-0.2, -0.15) is 0 Å². The first kappa shape index (κ1) is 55.1. The number of hydrogen-bond donors (Lipinski definition) is 3. The lowest BCUT2D eigenvalue weighted by molar-refractivity contribution is -0.143. The molecule has 0 aliphatic carbocycles. The molecule has 0 rings (SSSR count). The maximum absolute atomic E-state index is 12.3. The number of ether oxygens (including phenoxy) is 1. The second-order valence-electron chi connectivity index (χ2n) is 16.8. The van der Waals surface area contributed by atoms with Crippen molar-refractivity contribution in [2.45, 2.75) is 264 Å². The topological polar surface area (TPSA) is 95.9 Å². The van der Waals surface area contributed by atoms with E-state index in [1.807, 2.05) is 6.08 Å². The Labute approximate surface area is 353 Å². The van der Waals surface area contributed by atoms with Gasteiger partial charge in [0.15, 0.2) is 0 Å². The van der Waals surface area contributed by atoms with Crippen LogP contribution in [0.1, 0.15) is 251 Å². The zero-order chi connectivity index (χ0) is 41.5. The molecular weight excluding hydrogens is 707 g/mol. The van der Waals surface area contributed by atoms with E-state index in [0.29, 0.717) is 19.4 Å². The summed E-state index contributed by atoms with van der Waals surface area (Å²) >= 11 is 0. The number of aliphatic hydroxyl groups excluding tert-OH is 2. The molecule has 0 aliphatic rings. The zero-order valence-electron chi connectivity index (χ0n) is 37.8. The van der Waals surface area contributed by atoms with Crippen LogP contribution in [0.25, 0.3) is 0 Å². The Balaban J connectivity index is 3.50. The van der Waals surface area contributed by atoms with Crippen LogP contribution in [0.2, 0.25) is 0 Å². The number of carbonyl (C=O) groups excluding carboxylic acids is 2. The van der Waals surface area contributed by atoms with Gasteiger partial charge in [-0.15, -0.1) is 0 Å². The Morgan fingerprint density at radius 3 is 1.33 bits per heavy atom. The highest BCUT2D eigenvalue weighted by atomic mass is 16.5. The van der Waals surface area contributed by atoms with Gasteiger partial charge in [0.1, 0.15) is 0 Å². The highest BCUT2D eigenvalue weighted by Crippen LogP contribution is 2.15. The number of rotatable bonds is 45. The fourth-order valence-corrected chi connectivity index (χ4v) is 7.31. The van der Waals surface area contributed by atoms with E-state index in [4.69, 9.17) is 4.74 Å². The molecule has 0 radical (unpaired) electrons. The van der Waals surface area contributed by atoms with E-state index in [1.54, 1.807) is 6.08 Å². The minimum absolute atomic E-state index is 0.0152. The van der Waals surface area contributed by atoms with Crippen molar-refractivity contribution in [3.63, 3.8) is 0 Å². The molecule has 0 aromatic heterocycles. The van der Waals surface area contributed by atoms with E-state index < -0.39 is 12.1 Å². The molecule has 0 heterocycles. The van der Waals surface area contributed by atoms with Crippen LogP contribution in [-0.2, 0) is 14.3 Å². The van der Waals surface area contributed by atoms with Gasteiger partial charge in [0.2, 0.25) is 5.91 Å². The molecular formula is C51H95NO5. The van der Waals surface area contributed by atoms with Gasteiger partial charge in [-0.3, -0.25) is 9.59 Å². The molecule has 6 heteroatoms. The van der Waals surface area contributed by atoms with Crippen LogP contribution < -0.4 is 5.32 Å². The first-order chi connectivity index (χ1) is 28.0. The summed E-state index contributed by atoms with van der Waals surface area (Å²) in [4.78, 5) is 24.3. The van der Waals surface area contributed by atoms with E-state index in [0.717, 1.165) is 83.5 Å². The average molecular weight is 802 g/mol. The van der Waals surface area contributed by atoms with Crippen molar-refractivity contribution in [3.8, 4) is 0 Å². The van der Waals surface area contributed by atoms with Crippen molar-refractivity contribution in [3.05, 3.63) is 36.5 Å². The fraction of sp³-hybridized carbons (Fsp3) is 0.843. The lowest BCUT2D eigenvalue weighted by Crippen LogP contribution is -2.45. The lowest BCUT2D eigenvalue weighted by atomic mass is 10.0. The van der Waals surface area contributed by atoms with Gasteiger partial charge in [-0.05, 0) is 70.6 Å². The second-order valence-corrected chi connectivity index (χ2v) is 16.8. The summed E-state index contributed by atoms with van der Waals surface area (Å²) in [6.07, 6.45) is 55.8. The second kappa shape index (κ2) is 46.8. The monoisotopic (exact) mass is 802 g/mol. The zero-order valence-corrected chi connectivity index (χ0v) is 37.8. The Morgan fingerprint density at radius 2 is 0.877 bits per heavy atom. The molecule has 0 aliphatic heterocycles. The Bertz CT molecular complexity index is 931. The summed E-state index contributed by atoms with van der Waals surface area (Å²) in [5, 5.41) is 22.9. The van der Waals surface area contributed by atoms with E-state index in [9.17, 15) is 19.8 Å². The van der Waals surface area contributed by atoms with Gasteiger partial charge in [0.25, 0.3) is 0 Å². The molecule has 1 amide bonds. The van der Waals surface area contributed by atoms with E-state index >= 15 is 0 Å². The highest BCUT2D eigenvalue weighted by Gasteiger charge is 2.18. The SMILES string of the molecule is CCCCCCCCC/C=C/C(O)C(CO)NC(=O)CCCCCCCCC/C=C\C/C=C\CCCCCOC(=O)CCCCCCCCCCCCCCCC. The van der Waals surface area contributed by atoms with Crippen LogP contribution in [0.3, 0.4) is 0 Å².